The van der Waals surface area contributed by atoms with Gasteiger partial charge in [-0.3, -0.25) is 9.36 Å². The topological polar surface area (TPSA) is 170 Å². The SMILES string of the molecule is CC(=O)[C@H]1O[C@@H](n2cnc3c(N)nc(N=NC[C@H]4CCC=CO4)nc32)[C@H](O)[C@@H]1O. The van der Waals surface area contributed by atoms with E-state index in [-0.39, 0.29) is 29.0 Å². The monoisotopic (exact) mass is 403 g/mol. The number of Topliss-reactive ketones (excluding diaryl/α,β-unsaturated/α-hetero) is 1. The van der Waals surface area contributed by atoms with Gasteiger partial charge in [-0.25, -0.2) is 4.98 Å². The number of fused-ring (bicyclic) bond motifs is 1. The first kappa shape index (κ1) is 19.4. The van der Waals surface area contributed by atoms with Gasteiger partial charge < -0.3 is 25.4 Å². The number of aromatic nitrogens is 4. The van der Waals surface area contributed by atoms with Crippen molar-refractivity contribution in [1.82, 2.24) is 19.5 Å². The molecule has 0 bridgehead atoms. The predicted molar refractivity (Wildman–Crippen MR) is 99.0 cm³/mol. The summed E-state index contributed by atoms with van der Waals surface area (Å²) in [6, 6.07) is 0. The fraction of sp³-hybridized carbons (Fsp3) is 0.529. The molecule has 12 nitrogen and oxygen atoms in total. The Morgan fingerprint density at radius 3 is 2.90 bits per heavy atom. The van der Waals surface area contributed by atoms with E-state index in [9.17, 15) is 15.0 Å². The molecule has 2 aliphatic heterocycles. The number of aliphatic hydroxyl groups excluding tert-OH is 2. The third-order valence-electron chi connectivity index (χ3n) is 4.82. The van der Waals surface area contributed by atoms with Crippen molar-refractivity contribution < 1.29 is 24.5 Å². The molecule has 2 aromatic heterocycles. The number of nitrogens with zero attached hydrogens (tertiary/aromatic N) is 6. The molecule has 5 atom stereocenters. The third-order valence-corrected chi connectivity index (χ3v) is 4.82. The molecular weight excluding hydrogens is 382 g/mol. The number of ketones is 1. The number of ether oxygens (including phenoxy) is 2. The van der Waals surface area contributed by atoms with Gasteiger partial charge in [0.05, 0.1) is 19.1 Å². The molecule has 1 fully saturated rings. The second-order valence-electron chi connectivity index (χ2n) is 6.90. The number of hydrogen-bond donors (Lipinski definition) is 3. The Labute approximate surface area is 165 Å². The van der Waals surface area contributed by atoms with Gasteiger partial charge >= 0.3 is 0 Å². The summed E-state index contributed by atoms with van der Waals surface area (Å²) in [5, 5.41) is 28.5. The van der Waals surface area contributed by atoms with Crippen molar-refractivity contribution in [3.05, 3.63) is 18.7 Å². The summed E-state index contributed by atoms with van der Waals surface area (Å²) in [5.41, 5.74) is 6.47. The van der Waals surface area contributed by atoms with E-state index in [0.29, 0.717) is 6.54 Å². The zero-order valence-corrected chi connectivity index (χ0v) is 15.6. The van der Waals surface area contributed by atoms with Gasteiger partial charge in [0.2, 0.25) is 0 Å². The minimum atomic E-state index is -1.36. The molecule has 4 N–H and O–H groups in total. The van der Waals surface area contributed by atoms with Gasteiger partial charge in [-0.15, -0.1) is 5.11 Å². The molecule has 2 aliphatic rings. The van der Waals surface area contributed by atoms with Gasteiger partial charge in [0.15, 0.2) is 23.5 Å². The molecule has 12 heteroatoms. The quantitative estimate of drug-likeness (QED) is 0.597. The average Bonchev–Trinajstić information content (AvgIpc) is 3.25. The van der Waals surface area contributed by atoms with Crippen molar-refractivity contribution in [2.24, 2.45) is 10.2 Å². The molecule has 1 saturated heterocycles. The molecule has 0 amide bonds. The van der Waals surface area contributed by atoms with Crippen LogP contribution in [0.1, 0.15) is 26.0 Å². The van der Waals surface area contributed by atoms with E-state index in [2.05, 4.69) is 25.2 Å². The van der Waals surface area contributed by atoms with E-state index in [1.54, 1.807) is 6.26 Å². The summed E-state index contributed by atoms with van der Waals surface area (Å²) in [6.07, 6.45) is 1.74. The lowest BCUT2D eigenvalue weighted by Gasteiger charge is -2.16. The molecule has 154 valence electrons. The molecule has 29 heavy (non-hydrogen) atoms. The molecule has 0 unspecified atom stereocenters. The minimum Gasteiger partial charge on any atom is -0.496 e. The molecule has 0 radical (unpaired) electrons. The fourth-order valence-electron chi connectivity index (χ4n) is 3.30. The van der Waals surface area contributed by atoms with Gasteiger partial charge in [0.25, 0.3) is 5.95 Å². The van der Waals surface area contributed by atoms with Crippen molar-refractivity contribution in [3.8, 4) is 0 Å². The molecule has 0 saturated carbocycles. The largest absolute Gasteiger partial charge is 0.496 e. The number of imidazole rings is 1. The zero-order chi connectivity index (χ0) is 20.5. The van der Waals surface area contributed by atoms with Gasteiger partial charge in [-0.2, -0.15) is 15.1 Å². The van der Waals surface area contributed by atoms with Crippen molar-refractivity contribution in [3.63, 3.8) is 0 Å². The lowest BCUT2D eigenvalue weighted by atomic mass is 10.1. The van der Waals surface area contributed by atoms with Crippen LogP contribution in [0.15, 0.2) is 28.9 Å². The number of azo groups is 1. The molecule has 0 aromatic carbocycles. The van der Waals surface area contributed by atoms with E-state index in [0.717, 1.165) is 12.8 Å². The number of anilines is 1. The van der Waals surface area contributed by atoms with Gasteiger partial charge in [-0.1, -0.05) is 0 Å². The van der Waals surface area contributed by atoms with Crippen LogP contribution in [0.4, 0.5) is 11.8 Å². The highest BCUT2D eigenvalue weighted by atomic mass is 16.6. The number of carbonyl (C=O) groups excluding carboxylic acids is 1. The smallest absolute Gasteiger partial charge is 0.272 e. The lowest BCUT2D eigenvalue weighted by Crippen LogP contribution is -2.34. The van der Waals surface area contributed by atoms with Crippen LogP contribution in [-0.4, -0.2) is 66.5 Å². The van der Waals surface area contributed by atoms with Crippen LogP contribution in [0.3, 0.4) is 0 Å². The first-order valence-electron chi connectivity index (χ1n) is 9.15. The van der Waals surface area contributed by atoms with Gasteiger partial charge in [0.1, 0.15) is 29.9 Å². The Kier molecular flexibility index (Phi) is 5.22. The second-order valence-corrected chi connectivity index (χ2v) is 6.90. The number of rotatable bonds is 5. The van der Waals surface area contributed by atoms with Gasteiger partial charge in [0, 0.05) is 0 Å². The van der Waals surface area contributed by atoms with Crippen LogP contribution in [0, 0.1) is 0 Å². The zero-order valence-electron chi connectivity index (χ0n) is 15.6. The maximum Gasteiger partial charge on any atom is 0.272 e. The highest BCUT2D eigenvalue weighted by Gasteiger charge is 2.46. The van der Waals surface area contributed by atoms with E-state index in [1.807, 2.05) is 6.08 Å². The average molecular weight is 403 g/mol. The Morgan fingerprint density at radius 2 is 2.21 bits per heavy atom. The van der Waals surface area contributed by atoms with Crippen LogP contribution in [0.2, 0.25) is 0 Å². The fourth-order valence-corrected chi connectivity index (χ4v) is 3.30. The summed E-state index contributed by atoms with van der Waals surface area (Å²) < 4.78 is 12.3. The Balaban J connectivity index is 1.60. The normalized spacial score (nSPS) is 29.6. The van der Waals surface area contributed by atoms with Crippen molar-refractivity contribution >= 4 is 28.7 Å². The van der Waals surface area contributed by atoms with E-state index < -0.39 is 30.3 Å². The van der Waals surface area contributed by atoms with E-state index in [4.69, 9.17) is 15.2 Å². The molecule has 2 aromatic rings. The number of carbonyl (C=O) groups is 1. The maximum absolute atomic E-state index is 11.6. The lowest BCUT2D eigenvalue weighted by molar-refractivity contribution is -0.133. The number of nitrogens with two attached hydrogens (primary N) is 1. The first-order chi connectivity index (χ1) is 14.0. The highest BCUT2D eigenvalue weighted by Crippen LogP contribution is 2.33. The van der Waals surface area contributed by atoms with Crippen LogP contribution in [-0.2, 0) is 14.3 Å². The van der Waals surface area contributed by atoms with Crippen molar-refractivity contribution in [1.29, 1.82) is 0 Å². The summed E-state index contributed by atoms with van der Waals surface area (Å²) in [7, 11) is 0. The van der Waals surface area contributed by atoms with Crippen LogP contribution in [0.5, 0.6) is 0 Å². The number of aliphatic hydroxyl groups is 2. The van der Waals surface area contributed by atoms with E-state index in [1.165, 1.54) is 17.8 Å². The van der Waals surface area contributed by atoms with Crippen LogP contribution < -0.4 is 5.73 Å². The van der Waals surface area contributed by atoms with Crippen molar-refractivity contribution in [2.45, 2.75) is 50.4 Å². The van der Waals surface area contributed by atoms with Gasteiger partial charge in [-0.05, 0) is 25.8 Å². The molecule has 4 rings (SSSR count). The second kappa shape index (κ2) is 7.81. The summed E-state index contributed by atoms with van der Waals surface area (Å²) in [5.74, 6) is -0.304. The van der Waals surface area contributed by atoms with Crippen LogP contribution in [0.25, 0.3) is 11.2 Å². The molecule has 0 spiro atoms. The molecule has 4 heterocycles. The minimum absolute atomic E-state index is 0.0132. The predicted octanol–water partition coefficient (Wildman–Crippen LogP) is 0.393. The van der Waals surface area contributed by atoms with E-state index >= 15 is 0 Å². The maximum atomic E-state index is 11.6. The number of allylic oxidation sites excluding steroid dienone is 1. The third kappa shape index (κ3) is 3.69. The summed E-state index contributed by atoms with van der Waals surface area (Å²) in [4.78, 5) is 24.1. The molecule has 0 aliphatic carbocycles. The Hall–Kier alpha value is -2.96. The van der Waals surface area contributed by atoms with Crippen molar-refractivity contribution in [2.75, 3.05) is 12.3 Å². The first-order valence-corrected chi connectivity index (χ1v) is 9.15. The number of hydrogen-bond acceptors (Lipinski definition) is 11. The molecular formula is C17H21N7O5. The number of nitrogen functional groups attached to an aromatic ring is 1. The summed E-state index contributed by atoms with van der Waals surface area (Å²) in [6.45, 7) is 1.63. The summed E-state index contributed by atoms with van der Waals surface area (Å²) >= 11 is 0. The standard InChI is InChI=1S/C17H21N7O5/c1-8(25)13-11(26)12(27)16(29-13)24-7-19-10-14(18)21-17(22-15(10)24)23-20-6-9-4-2-3-5-28-9/h3,5,7,9,11-13,16,26-27H,2,4,6H2,1H3,(H2,18,21,22)/t9-,11+,12-,13-,16-/m1/s1. The Morgan fingerprint density at radius 1 is 1.38 bits per heavy atom. The van der Waals surface area contributed by atoms with Crippen LogP contribution >= 0.6 is 0 Å². The highest BCUT2D eigenvalue weighted by molar-refractivity contribution is 5.83. The Bertz CT molecular complexity index is 974.